The minimum Gasteiger partial charge on any atom is -0.368 e. The third-order valence-corrected chi connectivity index (χ3v) is 6.09. The molecule has 164 valence electrons. The second-order valence-corrected chi connectivity index (χ2v) is 8.06. The molecule has 2 amide bonds. The minimum absolute atomic E-state index is 0.0370. The summed E-state index contributed by atoms with van der Waals surface area (Å²) in [6.45, 7) is 5.59. The third kappa shape index (κ3) is 4.66. The SMILES string of the molecule is Cc1nc(C2CCCN2CC(=O)N2CCN(c3ccc(F)cc3)CC2)ncc1C(N)=O. The van der Waals surface area contributed by atoms with Gasteiger partial charge in [0, 0.05) is 38.1 Å². The molecule has 0 aliphatic carbocycles. The molecule has 1 atom stereocenters. The average molecular weight is 426 g/mol. The molecular weight excluding hydrogens is 399 g/mol. The lowest BCUT2D eigenvalue weighted by molar-refractivity contribution is -0.133. The van der Waals surface area contributed by atoms with Crippen LogP contribution in [0.5, 0.6) is 0 Å². The molecule has 0 bridgehead atoms. The van der Waals surface area contributed by atoms with E-state index in [1.165, 1.54) is 18.3 Å². The van der Waals surface area contributed by atoms with Crippen LogP contribution in [0, 0.1) is 12.7 Å². The zero-order valence-corrected chi connectivity index (χ0v) is 17.6. The Morgan fingerprint density at radius 3 is 2.48 bits per heavy atom. The van der Waals surface area contributed by atoms with Crippen LogP contribution in [0.25, 0.3) is 0 Å². The summed E-state index contributed by atoms with van der Waals surface area (Å²) in [6.07, 6.45) is 3.32. The number of hydrogen-bond donors (Lipinski definition) is 1. The monoisotopic (exact) mass is 426 g/mol. The number of piperazine rings is 1. The van der Waals surface area contributed by atoms with E-state index < -0.39 is 5.91 Å². The molecule has 2 aliphatic rings. The predicted molar refractivity (Wildman–Crippen MR) is 114 cm³/mol. The first-order valence-electron chi connectivity index (χ1n) is 10.6. The van der Waals surface area contributed by atoms with Crippen LogP contribution in [0.3, 0.4) is 0 Å². The largest absolute Gasteiger partial charge is 0.368 e. The fourth-order valence-corrected chi connectivity index (χ4v) is 4.33. The number of nitrogens with two attached hydrogens (primary N) is 1. The van der Waals surface area contributed by atoms with Gasteiger partial charge in [0.15, 0.2) is 0 Å². The number of rotatable bonds is 5. The van der Waals surface area contributed by atoms with E-state index >= 15 is 0 Å². The van der Waals surface area contributed by atoms with Gasteiger partial charge in [-0.05, 0) is 50.6 Å². The van der Waals surface area contributed by atoms with E-state index in [0.717, 1.165) is 38.2 Å². The number of carbonyl (C=O) groups is 2. The maximum Gasteiger partial charge on any atom is 0.252 e. The van der Waals surface area contributed by atoms with Gasteiger partial charge in [-0.2, -0.15) is 0 Å². The Morgan fingerprint density at radius 1 is 1.13 bits per heavy atom. The Labute approximate surface area is 180 Å². The lowest BCUT2D eigenvalue weighted by atomic mass is 10.1. The zero-order chi connectivity index (χ0) is 22.0. The van der Waals surface area contributed by atoms with Crippen LogP contribution in [-0.4, -0.2) is 70.9 Å². The molecule has 0 spiro atoms. The van der Waals surface area contributed by atoms with Gasteiger partial charge < -0.3 is 15.5 Å². The number of primary amides is 1. The summed E-state index contributed by atoms with van der Waals surface area (Å²) >= 11 is 0. The van der Waals surface area contributed by atoms with Crippen LogP contribution < -0.4 is 10.6 Å². The standard InChI is InChI=1S/C22H27FN6O2/c1-15-18(21(24)31)13-25-22(26-15)19-3-2-8-29(19)14-20(30)28-11-9-27(10-12-28)17-6-4-16(23)5-7-17/h4-7,13,19H,2-3,8-12,14H2,1H3,(H2,24,31). The normalized spacial score (nSPS) is 19.6. The molecule has 9 heteroatoms. The number of aryl methyl sites for hydroxylation is 1. The summed E-state index contributed by atoms with van der Waals surface area (Å²) < 4.78 is 13.1. The number of carbonyl (C=O) groups excluding carboxylic acids is 2. The molecule has 1 unspecified atom stereocenters. The molecule has 8 nitrogen and oxygen atoms in total. The molecule has 4 rings (SSSR count). The van der Waals surface area contributed by atoms with Crippen LogP contribution in [0.15, 0.2) is 30.5 Å². The van der Waals surface area contributed by atoms with Gasteiger partial charge in [-0.3, -0.25) is 14.5 Å². The molecular formula is C22H27FN6O2. The van der Waals surface area contributed by atoms with Crippen molar-refractivity contribution in [3.8, 4) is 0 Å². The minimum atomic E-state index is -0.540. The molecule has 1 aromatic heterocycles. The topological polar surface area (TPSA) is 95.7 Å². The second kappa shape index (κ2) is 8.97. The molecule has 0 saturated carbocycles. The highest BCUT2D eigenvalue weighted by Crippen LogP contribution is 2.30. The maximum absolute atomic E-state index is 13.1. The van der Waals surface area contributed by atoms with E-state index in [-0.39, 0.29) is 17.8 Å². The number of aromatic nitrogens is 2. The van der Waals surface area contributed by atoms with E-state index in [2.05, 4.69) is 19.8 Å². The third-order valence-electron chi connectivity index (χ3n) is 6.09. The van der Waals surface area contributed by atoms with E-state index in [1.807, 2.05) is 4.90 Å². The predicted octanol–water partition coefficient (Wildman–Crippen LogP) is 1.51. The van der Waals surface area contributed by atoms with Gasteiger partial charge >= 0.3 is 0 Å². The summed E-state index contributed by atoms with van der Waals surface area (Å²) in [6, 6.07) is 6.42. The number of nitrogens with zero attached hydrogens (tertiary/aromatic N) is 5. The second-order valence-electron chi connectivity index (χ2n) is 8.06. The number of halogens is 1. The molecule has 3 heterocycles. The van der Waals surface area contributed by atoms with E-state index in [9.17, 15) is 14.0 Å². The molecule has 2 N–H and O–H groups in total. The van der Waals surface area contributed by atoms with Gasteiger partial charge in [0.1, 0.15) is 11.6 Å². The number of amides is 2. The first kappa shape index (κ1) is 21.2. The Kier molecular flexibility index (Phi) is 6.13. The van der Waals surface area contributed by atoms with Crippen LogP contribution in [0.2, 0.25) is 0 Å². The Morgan fingerprint density at radius 2 is 1.84 bits per heavy atom. The van der Waals surface area contributed by atoms with Crippen molar-refractivity contribution >= 4 is 17.5 Å². The molecule has 31 heavy (non-hydrogen) atoms. The van der Waals surface area contributed by atoms with Crippen molar-refractivity contribution < 1.29 is 14.0 Å². The Bertz CT molecular complexity index is 959. The molecule has 2 aromatic rings. The molecule has 1 aromatic carbocycles. The van der Waals surface area contributed by atoms with Gasteiger partial charge in [0.2, 0.25) is 5.91 Å². The van der Waals surface area contributed by atoms with Gasteiger partial charge in [-0.1, -0.05) is 0 Å². The number of anilines is 1. The van der Waals surface area contributed by atoms with Crippen molar-refractivity contribution in [3.63, 3.8) is 0 Å². The first-order chi connectivity index (χ1) is 14.9. The van der Waals surface area contributed by atoms with Crippen molar-refractivity contribution in [1.29, 1.82) is 0 Å². The lowest BCUT2D eigenvalue weighted by Crippen LogP contribution is -2.51. The Hall–Kier alpha value is -3.07. The van der Waals surface area contributed by atoms with Crippen molar-refractivity contribution in [2.24, 2.45) is 5.73 Å². The van der Waals surface area contributed by atoms with Gasteiger partial charge in [-0.15, -0.1) is 0 Å². The summed E-state index contributed by atoms with van der Waals surface area (Å²) in [7, 11) is 0. The van der Waals surface area contributed by atoms with Crippen LogP contribution in [-0.2, 0) is 4.79 Å². The highest BCUT2D eigenvalue weighted by atomic mass is 19.1. The van der Waals surface area contributed by atoms with Crippen LogP contribution >= 0.6 is 0 Å². The number of hydrogen-bond acceptors (Lipinski definition) is 6. The maximum atomic E-state index is 13.1. The molecule has 2 fully saturated rings. The summed E-state index contributed by atoms with van der Waals surface area (Å²) in [5, 5.41) is 0. The van der Waals surface area contributed by atoms with Crippen molar-refractivity contribution in [3.05, 3.63) is 53.4 Å². The van der Waals surface area contributed by atoms with Crippen LogP contribution in [0.1, 0.15) is 40.8 Å². The van der Waals surface area contributed by atoms with Crippen molar-refractivity contribution in [1.82, 2.24) is 19.8 Å². The number of likely N-dealkylation sites (tertiary alicyclic amines) is 1. The highest BCUT2D eigenvalue weighted by Gasteiger charge is 2.32. The van der Waals surface area contributed by atoms with Crippen molar-refractivity contribution in [2.75, 3.05) is 44.2 Å². The van der Waals surface area contributed by atoms with E-state index in [0.29, 0.717) is 36.7 Å². The van der Waals surface area contributed by atoms with Gasteiger partial charge in [0.25, 0.3) is 5.91 Å². The molecule has 2 saturated heterocycles. The molecule has 0 radical (unpaired) electrons. The lowest BCUT2D eigenvalue weighted by Gasteiger charge is -2.37. The van der Waals surface area contributed by atoms with Crippen LogP contribution in [0.4, 0.5) is 10.1 Å². The molecule has 2 aliphatic heterocycles. The van der Waals surface area contributed by atoms with E-state index in [1.54, 1.807) is 19.1 Å². The summed E-state index contributed by atoms with van der Waals surface area (Å²) in [5.74, 6) is -0.0616. The Balaban J connectivity index is 1.35. The number of benzene rings is 1. The van der Waals surface area contributed by atoms with Gasteiger partial charge in [-0.25, -0.2) is 14.4 Å². The van der Waals surface area contributed by atoms with E-state index in [4.69, 9.17) is 5.73 Å². The fourth-order valence-electron chi connectivity index (χ4n) is 4.33. The average Bonchev–Trinajstić information content (AvgIpc) is 3.22. The quantitative estimate of drug-likeness (QED) is 0.779. The summed E-state index contributed by atoms with van der Waals surface area (Å²) in [4.78, 5) is 39.4. The fraction of sp³-hybridized carbons (Fsp3) is 0.455. The smallest absolute Gasteiger partial charge is 0.252 e. The highest BCUT2D eigenvalue weighted by molar-refractivity contribution is 5.93. The first-order valence-corrected chi connectivity index (χ1v) is 10.6. The summed E-state index contributed by atoms with van der Waals surface area (Å²) in [5.41, 5.74) is 7.21. The zero-order valence-electron chi connectivity index (χ0n) is 17.6. The van der Waals surface area contributed by atoms with Crippen molar-refractivity contribution in [2.45, 2.75) is 25.8 Å². The van der Waals surface area contributed by atoms with Gasteiger partial charge in [0.05, 0.1) is 23.8 Å².